The van der Waals surface area contributed by atoms with Crippen LogP contribution in [0.2, 0.25) is 0 Å². The highest BCUT2D eigenvalue weighted by Crippen LogP contribution is 2.28. The Balaban J connectivity index is 2.76. The molecule has 22 heavy (non-hydrogen) atoms. The van der Waals surface area contributed by atoms with E-state index >= 15 is 0 Å². The highest BCUT2D eigenvalue weighted by molar-refractivity contribution is 7.98. The number of esters is 1. The maximum Gasteiger partial charge on any atom is 0.338 e. The number of nitro groups is 1. The van der Waals surface area contributed by atoms with Crippen LogP contribution in [0, 0.1) is 10.1 Å². The van der Waals surface area contributed by atoms with Gasteiger partial charge in [-0.2, -0.15) is 0 Å². The van der Waals surface area contributed by atoms with E-state index in [1.165, 1.54) is 23.9 Å². The van der Waals surface area contributed by atoms with Crippen molar-refractivity contribution in [3.63, 3.8) is 0 Å². The highest BCUT2D eigenvalue weighted by Gasteiger charge is 2.19. The minimum atomic E-state index is -0.778. The Morgan fingerprint density at radius 3 is 2.50 bits per heavy atom. The molecule has 1 N–H and O–H groups in total. The number of hydrogen-bond donors (Lipinski definition) is 1. The molecular weight excluding hydrogens is 308 g/mol. The van der Waals surface area contributed by atoms with Crippen molar-refractivity contribution in [2.45, 2.75) is 31.2 Å². The van der Waals surface area contributed by atoms with Gasteiger partial charge in [-0.25, -0.2) is 4.79 Å². The molecule has 1 aromatic carbocycles. The number of nitrogens with zero attached hydrogens (tertiary/aromatic N) is 1. The average Bonchev–Trinajstić information content (AvgIpc) is 2.42. The molecule has 0 saturated heterocycles. The predicted molar refractivity (Wildman–Crippen MR) is 83.1 cm³/mol. The second-order valence-corrected chi connectivity index (χ2v) is 6.37. The molecule has 0 heterocycles. The Labute approximate surface area is 132 Å². The van der Waals surface area contributed by atoms with Gasteiger partial charge in [0, 0.05) is 11.6 Å². The van der Waals surface area contributed by atoms with Crippen LogP contribution in [-0.4, -0.2) is 35.2 Å². The van der Waals surface area contributed by atoms with Crippen LogP contribution in [0.4, 0.5) is 5.69 Å². The van der Waals surface area contributed by atoms with Gasteiger partial charge in [-0.1, -0.05) is 0 Å². The number of rotatable bonds is 5. The van der Waals surface area contributed by atoms with Crippen LogP contribution in [0.3, 0.4) is 0 Å². The van der Waals surface area contributed by atoms with Gasteiger partial charge in [0.2, 0.25) is 0 Å². The van der Waals surface area contributed by atoms with E-state index in [2.05, 4.69) is 5.32 Å². The lowest BCUT2D eigenvalue weighted by atomic mass is 10.1. The number of ether oxygens (including phenoxy) is 1. The van der Waals surface area contributed by atoms with Crippen LogP contribution >= 0.6 is 11.8 Å². The summed E-state index contributed by atoms with van der Waals surface area (Å²) in [5.41, 5.74) is -0.559. The van der Waals surface area contributed by atoms with Crippen LogP contribution < -0.4 is 5.32 Å². The summed E-state index contributed by atoms with van der Waals surface area (Å²) in [5, 5.41) is 13.6. The topological polar surface area (TPSA) is 98.5 Å². The quantitative estimate of drug-likeness (QED) is 0.386. The molecule has 0 aliphatic rings. The molecule has 0 unspecified atom stereocenters. The SMILES string of the molecule is CSc1ccc(C(=O)OCC(=O)NC(C)(C)C)cc1[N+](=O)[O-]. The summed E-state index contributed by atoms with van der Waals surface area (Å²) in [4.78, 5) is 34.3. The first-order valence-electron chi connectivity index (χ1n) is 6.44. The van der Waals surface area contributed by atoms with E-state index in [1.54, 1.807) is 27.0 Å². The Bertz CT molecular complexity index is 595. The standard InChI is InChI=1S/C14H18N2O5S/c1-14(2,3)15-12(17)8-21-13(18)9-5-6-11(22-4)10(7-9)16(19)20/h5-7H,8H2,1-4H3,(H,15,17). The van der Waals surface area contributed by atoms with Gasteiger partial charge in [0.1, 0.15) is 0 Å². The van der Waals surface area contributed by atoms with Crippen LogP contribution in [0.25, 0.3) is 0 Å². The fraction of sp³-hybridized carbons (Fsp3) is 0.429. The summed E-state index contributed by atoms with van der Waals surface area (Å²) in [6.45, 7) is 4.97. The monoisotopic (exact) mass is 326 g/mol. The molecule has 8 heteroatoms. The van der Waals surface area contributed by atoms with Crippen LogP contribution in [0.15, 0.2) is 23.1 Å². The lowest BCUT2D eigenvalue weighted by Gasteiger charge is -2.20. The molecule has 0 saturated carbocycles. The van der Waals surface area contributed by atoms with Gasteiger partial charge in [0.05, 0.1) is 15.4 Å². The minimum Gasteiger partial charge on any atom is -0.452 e. The van der Waals surface area contributed by atoms with E-state index in [1.807, 2.05) is 0 Å². The third kappa shape index (κ3) is 5.36. The fourth-order valence-corrected chi connectivity index (χ4v) is 2.18. The van der Waals surface area contributed by atoms with Crippen molar-refractivity contribution in [2.75, 3.05) is 12.9 Å². The Morgan fingerprint density at radius 2 is 2.00 bits per heavy atom. The summed E-state index contributed by atoms with van der Waals surface area (Å²) < 4.78 is 4.86. The van der Waals surface area contributed by atoms with Crippen molar-refractivity contribution in [3.8, 4) is 0 Å². The molecule has 0 aromatic heterocycles. The molecule has 0 aliphatic heterocycles. The third-order valence-corrected chi connectivity index (χ3v) is 3.25. The molecule has 7 nitrogen and oxygen atoms in total. The molecule has 120 valence electrons. The van der Waals surface area contributed by atoms with Crippen LogP contribution in [0.1, 0.15) is 31.1 Å². The van der Waals surface area contributed by atoms with E-state index in [-0.39, 0.29) is 11.3 Å². The molecule has 1 rings (SSSR count). The van der Waals surface area contributed by atoms with E-state index < -0.39 is 28.9 Å². The zero-order valence-corrected chi connectivity index (χ0v) is 13.7. The van der Waals surface area contributed by atoms with Crippen molar-refractivity contribution >= 4 is 29.3 Å². The van der Waals surface area contributed by atoms with Gasteiger partial charge in [-0.3, -0.25) is 14.9 Å². The lowest BCUT2D eigenvalue weighted by molar-refractivity contribution is -0.387. The van der Waals surface area contributed by atoms with E-state index in [9.17, 15) is 19.7 Å². The lowest BCUT2D eigenvalue weighted by Crippen LogP contribution is -2.42. The predicted octanol–water partition coefficient (Wildman–Crippen LogP) is 2.39. The molecular formula is C14H18N2O5S. The Kier molecular flexibility index (Phi) is 5.92. The number of amides is 1. The van der Waals surface area contributed by atoms with Gasteiger partial charge < -0.3 is 10.1 Å². The molecule has 0 atom stereocenters. The number of benzene rings is 1. The number of carbonyl (C=O) groups is 2. The molecule has 0 bridgehead atoms. The highest BCUT2D eigenvalue weighted by atomic mass is 32.2. The zero-order chi connectivity index (χ0) is 16.9. The Morgan fingerprint density at radius 1 is 1.36 bits per heavy atom. The zero-order valence-electron chi connectivity index (χ0n) is 12.8. The molecule has 0 spiro atoms. The summed E-state index contributed by atoms with van der Waals surface area (Å²) in [5.74, 6) is -1.21. The fourth-order valence-electron chi connectivity index (χ4n) is 1.63. The van der Waals surface area contributed by atoms with Gasteiger partial charge in [0.25, 0.3) is 11.6 Å². The van der Waals surface area contributed by atoms with Crippen LogP contribution in [-0.2, 0) is 9.53 Å². The van der Waals surface area contributed by atoms with Gasteiger partial charge in [-0.05, 0) is 39.2 Å². The minimum absolute atomic E-state index is 0.0352. The molecule has 0 radical (unpaired) electrons. The van der Waals surface area contributed by atoms with Crippen molar-refractivity contribution in [1.29, 1.82) is 0 Å². The summed E-state index contributed by atoms with van der Waals surface area (Å²) >= 11 is 1.21. The first-order valence-corrected chi connectivity index (χ1v) is 7.67. The third-order valence-electron chi connectivity index (χ3n) is 2.46. The molecule has 0 aliphatic carbocycles. The van der Waals surface area contributed by atoms with Crippen LogP contribution in [0.5, 0.6) is 0 Å². The average molecular weight is 326 g/mol. The van der Waals surface area contributed by atoms with E-state index in [0.29, 0.717) is 4.90 Å². The Hall–Kier alpha value is -2.09. The first kappa shape index (κ1) is 18.0. The van der Waals surface area contributed by atoms with Crippen molar-refractivity contribution in [3.05, 3.63) is 33.9 Å². The van der Waals surface area contributed by atoms with Gasteiger partial charge in [0.15, 0.2) is 6.61 Å². The molecule has 1 amide bonds. The normalized spacial score (nSPS) is 10.9. The number of thioether (sulfide) groups is 1. The smallest absolute Gasteiger partial charge is 0.338 e. The van der Waals surface area contributed by atoms with Crippen molar-refractivity contribution in [2.24, 2.45) is 0 Å². The van der Waals surface area contributed by atoms with Gasteiger partial charge in [-0.15, -0.1) is 11.8 Å². The summed E-state index contributed by atoms with van der Waals surface area (Å²) in [7, 11) is 0. The van der Waals surface area contributed by atoms with E-state index in [0.717, 1.165) is 6.07 Å². The second-order valence-electron chi connectivity index (χ2n) is 5.52. The number of carbonyl (C=O) groups excluding carboxylic acids is 2. The summed E-state index contributed by atoms with van der Waals surface area (Å²) in [6, 6.07) is 4.06. The maximum atomic E-state index is 11.9. The molecule has 1 aromatic rings. The molecule has 0 fully saturated rings. The second kappa shape index (κ2) is 7.26. The van der Waals surface area contributed by atoms with Crippen molar-refractivity contribution < 1.29 is 19.2 Å². The number of nitrogens with one attached hydrogen (secondary N) is 1. The largest absolute Gasteiger partial charge is 0.452 e. The number of nitro benzene ring substituents is 1. The van der Waals surface area contributed by atoms with E-state index in [4.69, 9.17) is 4.74 Å². The number of hydrogen-bond acceptors (Lipinski definition) is 6. The maximum absolute atomic E-state index is 11.9. The van der Waals surface area contributed by atoms with Gasteiger partial charge >= 0.3 is 5.97 Å². The first-order chi connectivity index (χ1) is 10.1. The van der Waals surface area contributed by atoms with Crippen molar-refractivity contribution in [1.82, 2.24) is 5.32 Å². The summed E-state index contributed by atoms with van der Waals surface area (Å²) in [6.07, 6.45) is 1.71.